The lowest BCUT2D eigenvalue weighted by Crippen LogP contribution is -2.37. The fourth-order valence-electron chi connectivity index (χ4n) is 4.33. The summed E-state index contributed by atoms with van der Waals surface area (Å²) in [7, 11) is 0. The van der Waals surface area contributed by atoms with Crippen molar-refractivity contribution in [2.24, 2.45) is 0 Å². The molecule has 1 unspecified atom stereocenters. The van der Waals surface area contributed by atoms with Crippen LogP contribution in [0.4, 0.5) is 0 Å². The van der Waals surface area contributed by atoms with Crippen LogP contribution in [-0.4, -0.2) is 78.2 Å². The lowest BCUT2D eigenvalue weighted by atomic mass is 10.0. The number of carbonyl (C=O) groups excluding carboxylic acids is 1. The highest BCUT2D eigenvalue weighted by atomic mass is 16.5. The molecule has 2 aromatic rings. The van der Waals surface area contributed by atoms with Gasteiger partial charge in [0.05, 0.1) is 26.4 Å². The number of likely N-dealkylation sites (tertiary alicyclic amines) is 1. The number of ketones is 1. The predicted molar refractivity (Wildman–Crippen MR) is 118 cm³/mol. The minimum Gasteiger partial charge on any atom is -0.494 e. The minimum absolute atomic E-state index is 0.0231. The Morgan fingerprint density at radius 3 is 2.87 bits per heavy atom. The molecule has 3 heterocycles. The number of benzene rings is 1. The normalized spacial score (nSPS) is 20.1. The summed E-state index contributed by atoms with van der Waals surface area (Å²) in [6.45, 7) is 6.64. The number of carbonyl (C=O) groups is 1. The fourth-order valence-corrected chi connectivity index (χ4v) is 4.33. The molecule has 2 saturated heterocycles. The zero-order valence-corrected chi connectivity index (χ0v) is 17.9. The zero-order chi connectivity index (χ0) is 21.5. The van der Waals surface area contributed by atoms with E-state index in [1.807, 2.05) is 12.1 Å². The number of ether oxygens (including phenoxy) is 2. The van der Waals surface area contributed by atoms with Crippen molar-refractivity contribution in [2.75, 3.05) is 52.5 Å². The number of rotatable bonds is 9. The summed E-state index contributed by atoms with van der Waals surface area (Å²) in [5.74, 6) is 0.840. The Labute approximate surface area is 183 Å². The molecule has 0 amide bonds. The molecular weight excluding hydrogens is 394 g/mol. The van der Waals surface area contributed by atoms with Crippen molar-refractivity contribution < 1.29 is 19.4 Å². The molecule has 1 aromatic carbocycles. The van der Waals surface area contributed by atoms with Crippen LogP contribution in [0.2, 0.25) is 0 Å². The topological polar surface area (TPSA) is 75.1 Å². The molecule has 2 aliphatic rings. The Kier molecular flexibility index (Phi) is 7.51. The maximum Gasteiger partial charge on any atom is 0.210 e. The largest absolute Gasteiger partial charge is 0.494 e. The monoisotopic (exact) mass is 425 g/mol. The number of aromatic nitrogens is 1. The van der Waals surface area contributed by atoms with Crippen LogP contribution in [0.5, 0.6) is 11.6 Å². The highest BCUT2D eigenvalue weighted by molar-refractivity contribution is 5.97. The fraction of sp³-hybridized carbons (Fsp3) is 0.500. The standard InChI is InChI=1S/C24H31N3O4/c28-23(20-7-8-24(29)25-17-20)18-27-10-2-6-22(27)19-4-1-5-21(16-19)31-13-3-9-26-11-14-30-15-12-26/h1,4-5,7-8,16-17,22H,2-3,6,9-15,18H2,(H,25,29). The van der Waals surface area contributed by atoms with E-state index < -0.39 is 0 Å². The van der Waals surface area contributed by atoms with Crippen molar-refractivity contribution >= 4 is 5.78 Å². The Balaban J connectivity index is 1.30. The molecule has 31 heavy (non-hydrogen) atoms. The van der Waals surface area contributed by atoms with Gasteiger partial charge in [-0.3, -0.25) is 14.6 Å². The van der Waals surface area contributed by atoms with Crippen LogP contribution in [-0.2, 0) is 4.74 Å². The second kappa shape index (κ2) is 10.7. The van der Waals surface area contributed by atoms with Gasteiger partial charge in [-0.05, 0) is 49.6 Å². The number of nitrogens with zero attached hydrogens (tertiary/aromatic N) is 3. The first kappa shape index (κ1) is 21.7. The van der Waals surface area contributed by atoms with Gasteiger partial charge in [-0.15, -0.1) is 0 Å². The third kappa shape index (κ3) is 6.03. The van der Waals surface area contributed by atoms with Gasteiger partial charge >= 0.3 is 0 Å². The van der Waals surface area contributed by atoms with Crippen LogP contribution in [0.3, 0.4) is 0 Å². The number of pyridine rings is 1. The molecule has 4 rings (SSSR count). The van der Waals surface area contributed by atoms with Gasteiger partial charge in [-0.1, -0.05) is 12.1 Å². The van der Waals surface area contributed by atoms with E-state index in [1.54, 1.807) is 6.07 Å². The van der Waals surface area contributed by atoms with Crippen molar-refractivity contribution in [1.82, 2.24) is 14.8 Å². The maximum atomic E-state index is 12.7. The average molecular weight is 426 g/mol. The van der Waals surface area contributed by atoms with Crippen LogP contribution < -0.4 is 4.74 Å². The number of hydrogen-bond acceptors (Lipinski definition) is 7. The Hall–Kier alpha value is -2.48. The molecule has 2 fully saturated rings. The number of hydrogen-bond donors (Lipinski definition) is 1. The van der Waals surface area contributed by atoms with Crippen molar-refractivity contribution in [3.63, 3.8) is 0 Å². The molecule has 0 aliphatic carbocycles. The van der Waals surface area contributed by atoms with Gasteiger partial charge in [0, 0.05) is 43.5 Å². The number of Topliss-reactive ketones (excluding diaryl/α,β-unsaturated/α-hetero) is 1. The minimum atomic E-state index is -0.0719. The van der Waals surface area contributed by atoms with Gasteiger partial charge in [0.2, 0.25) is 5.88 Å². The second-order valence-electron chi connectivity index (χ2n) is 8.19. The van der Waals surface area contributed by atoms with Gasteiger partial charge in [-0.25, -0.2) is 4.98 Å². The molecule has 0 radical (unpaired) electrons. The van der Waals surface area contributed by atoms with E-state index in [1.165, 1.54) is 17.8 Å². The predicted octanol–water partition coefficient (Wildman–Crippen LogP) is 2.91. The molecule has 0 spiro atoms. The highest BCUT2D eigenvalue weighted by Gasteiger charge is 2.28. The van der Waals surface area contributed by atoms with Gasteiger partial charge in [-0.2, -0.15) is 0 Å². The van der Waals surface area contributed by atoms with Crippen LogP contribution in [0.15, 0.2) is 42.6 Å². The van der Waals surface area contributed by atoms with Crippen molar-refractivity contribution in [2.45, 2.75) is 25.3 Å². The van der Waals surface area contributed by atoms with Crippen molar-refractivity contribution in [3.8, 4) is 11.6 Å². The van der Waals surface area contributed by atoms with Crippen LogP contribution in [0.1, 0.15) is 41.2 Å². The molecule has 7 heteroatoms. The van der Waals surface area contributed by atoms with E-state index in [0.717, 1.165) is 64.4 Å². The summed E-state index contributed by atoms with van der Waals surface area (Å²) in [6.07, 6.45) is 4.53. The molecule has 1 aromatic heterocycles. The molecule has 1 N–H and O–H groups in total. The zero-order valence-electron chi connectivity index (χ0n) is 17.9. The third-order valence-corrected chi connectivity index (χ3v) is 6.01. The Morgan fingerprint density at radius 2 is 2.06 bits per heavy atom. The maximum absolute atomic E-state index is 12.7. The first-order valence-corrected chi connectivity index (χ1v) is 11.1. The summed E-state index contributed by atoms with van der Waals surface area (Å²) >= 11 is 0. The third-order valence-electron chi connectivity index (χ3n) is 6.01. The number of morpholine rings is 1. The highest BCUT2D eigenvalue weighted by Crippen LogP contribution is 2.33. The molecule has 166 valence electrons. The smallest absolute Gasteiger partial charge is 0.210 e. The first-order chi connectivity index (χ1) is 15.2. The average Bonchev–Trinajstić information content (AvgIpc) is 3.26. The molecule has 0 saturated carbocycles. The van der Waals surface area contributed by atoms with E-state index in [-0.39, 0.29) is 17.7 Å². The molecule has 1 atom stereocenters. The summed E-state index contributed by atoms with van der Waals surface area (Å²) in [4.78, 5) is 21.1. The Bertz CT molecular complexity index is 852. The summed E-state index contributed by atoms with van der Waals surface area (Å²) < 4.78 is 11.4. The van der Waals surface area contributed by atoms with E-state index in [0.29, 0.717) is 18.7 Å². The molecular formula is C24H31N3O4. The van der Waals surface area contributed by atoms with E-state index >= 15 is 0 Å². The first-order valence-electron chi connectivity index (χ1n) is 11.1. The van der Waals surface area contributed by atoms with E-state index in [2.05, 4.69) is 26.9 Å². The van der Waals surface area contributed by atoms with Crippen molar-refractivity contribution in [1.29, 1.82) is 0 Å². The van der Waals surface area contributed by atoms with Crippen LogP contribution >= 0.6 is 0 Å². The van der Waals surface area contributed by atoms with Gasteiger partial charge in [0.1, 0.15) is 5.75 Å². The van der Waals surface area contributed by atoms with Gasteiger partial charge in [0.15, 0.2) is 5.78 Å². The molecule has 7 nitrogen and oxygen atoms in total. The Morgan fingerprint density at radius 1 is 1.19 bits per heavy atom. The van der Waals surface area contributed by atoms with Gasteiger partial charge < -0.3 is 14.6 Å². The summed E-state index contributed by atoms with van der Waals surface area (Å²) in [6, 6.07) is 11.6. The van der Waals surface area contributed by atoms with Crippen LogP contribution in [0, 0.1) is 0 Å². The molecule has 2 aliphatic heterocycles. The van der Waals surface area contributed by atoms with E-state index in [4.69, 9.17) is 9.47 Å². The quantitative estimate of drug-likeness (QED) is 0.489. The van der Waals surface area contributed by atoms with Crippen molar-refractivity contribution in [3.05, 3.63) is 53.7 Å². The van der Waals surface area contributed by atoms with E-state index in [9.17, 15) is 9.90 Å². The summed E-state index contributed by atoms with van der Waals surface area (Å²) in [5, 5.41) is 9.33. The summed E-state index contributed by atoms with van der Waals surface area (Å²) in [5.41, 5.74) is 1.72. The van der Waals surface area contributed by atoms with Gasteiger partial charge in [0.25, 0.3) is 0 Å². The lowest BCUT2D eigenvalue weighted by Gasteiger charge is -2.26. The SMILES string of the molecule is O=C(CN1CCCC1c1cccc(OCCCN2CCOCC2)c1)c1ccc(O)nc1. The second-order valence-corrected chi connectivity index (χ2v) is 8.19. The lowest BCUT2D eigenvalue weighted by molar-refractivity contribution is 0.0358. The van der Waals surface area contributed by atoms with Crippen LogP contribution in [0.25, 0.3) is 0 Å². The number of aromatic hydroxyl groups is 1. The molecule has 0 bridgehead atoms.